The van der Waals surface area contributed by atoms with Gasteiger partial charge in [-0.3, -0.25) is 9.59 Å². The molecule has 1 aromatic heterocycles. The van der Waals surface area contributed by atoms with Crippen LogP contribution in [0.4, 0.5) is 5.69 Å². The van der Waals surface area contributed by atoms with Crippen molar-refractivity contribution in [3.8, 4) is 5.75 Å². The predicted molar refractivity (Wildman–Crippen MR) is 118 cm³/mol. The number of ether oxygens (including phenoxy) is 1. The van der Waals surface area contributed by atoms with E-state index in [9.17, 15) is 9.59 Å². The number of aromatic nitrogens is 3. The van der Waals surface area contributed by atoms with Gasteiger partial charge in [-0.1, -0.05) is 42.1 Å². The van der Waals surface area contributed by atoms with Crippen molar-refractivity contribution in [1.29, 1.82) is 0 Å². The summed E-state index contributed by atoms with van der Waals surface area (Å²) in [5.41, 5.74) is 2.65. The standard InChI is InChI=1S/C22H23N5O3S/c1-26-19(13-23-21(29)16-8-4-6-10-18(16)30-2)24-25-22(26)31-14-20(28)27-12-11-15-7-3-5-9-17(15)27/h3-10H,11-14H2,1-2H3,(H,23,29). The maximum atomic E-state index is 12.7. The van der Waals surface area contributed by atoms with Gasteiger partial charge in [0.2, 0.25) is 5.91 Å². The molecule has 1 aliphatic heterocycles. The molecule has 1 aliphatic rings. The summed E-state index contributed by atoms with van der Waals surface area (Å²) >= 11 is 1.34. The van der Waals surface area contributed by atoms with Gasteiger partial charge < -0.3 is 19.5 Å². The summed E-state index contributed by atoms with van der Waals surface area (Å²) in [7, 11) is 3.35. The fourth-order valence-corrected chi connectivity index (χ4v) is 4.32. The number of fused-ring (bicyclic) bond motifs is 1. The number of anilines is 1. The van der Waals surface area contributed by atoms with E-state index in [2.05, 4.69) is 21.6 Å². The van der Waals surface area contributed by atoms with Crippen LogP contribution >= 0.6 is 11.8 Å². The maximum Gasteiger partial charge on any atom is 0.255 e. The van der Waals surface area contributed by atoms with E-state index >= 15 is 0 Å². The summed E-state index contributed by atoms with van der Waals surface area (Å²) in [6.07, 6.45) is 0.882. The number of thioether (sulfide) groups is 1. The third-order valence-electron chi connectivity index (χ3n) is 5.20. The molecular weight excluding hydrogens is 414 g/mol. The molecule has 2 amide bonds. The number of amides is 2. The molecule has 8 nitrogen and oxygen atoms in total. The first-order valence-corrected chi connectivity index (χ1v) is 10.9. The van der Waals surface area contributed by atoms with E-state index in [1.807, 2.05) is 36.2 Å². The number of nitrogens with one attached hydrogen (secondary N) is 1. The number of carbonyl (C=O) groups is 2. The molecule has 2 heterocycles. The first-order chi connectivity index (χ1) is 15.1. The van der Waals surface area contributed by atoms with Crippen LogP contribution < -0.4 is 15.0 Å². The minimum Gasteiger partial charge on any atom is -0.496 e. The lowest BCUT2D eigenvalue weighted by atomic mass is 10.2. The van der Waals surface area contributed by atoms with Gasteiger partial charge in [-0.05, 0) is 30.2 Å². The summed E-state index contributed by atoms with van der Waals surface area (Å²) in [5.74, 6) is 1.18. The molecule has 0 aliphatic carbocycles. The lowest BCUT2D eigenvalue weighted by molar-refractivity contribution is -0.116. The van der Waals surface area contributed by atoms with Crippen LogP contribution in [-0.2, 0) is 24.8 Å². The fraction of sp³-hybridized carbons (Fsp3) is 0.273. The number of hydrogen-bond acceptors (Lipinski definition) is 6. The largest absolute Gasteiger partial charge is 0.496 e. The quantitative estimate of drug-likeness (QED) is 0.571. The van der Waals surface area contributed by atoms with Crippen LogP contribution in [0.5, 0.6) is 5.75 Å². The first-order valence-electron chi connectivity index (χ1n) is 9.89. The van der Waals surface area contributed by atoms with E-state index in [4.69, 9.17) is 4.74 Å². The Bertz CT molecular complexity index is 1110. The molecule has 0 bridgehead atoms. The number of para-hydroxylation sites is 2. The first kappa shape index (κ1) is 20.9. The van der Waals surface area contributed by atoms with Crippen molar-refractivity contribution >= 4 is 29.3 Å². The van der Waals surface area contributed by atoms with Gasteiger partial charge in [0.1, 0.15) is 5.75 Å². The monoisotopic (exact) mass is 437 g/mol. The average molecular weight is 438 g/mol. The highest BCUT2D eigenvalue weighted by Gasteiger charge is 2.24. The van der Waals surface area contributed by atoms with Gasteiger partial charge >= 0.3 is 0 Å². The molecule has 2 aromatic carbocycles. The molecule has 3 aromatic rings. The van der Waals surface area contributed by atoms with Crippen molar-refractivity contribution in [3.05, 3.63) is 65.5 Å². The smallest absolute Gasteiger partial charge is 0.255 e. The van der Waals surface area contributed by atoms with Crippen LogP contribution in [0.25, 0.3) is 0 Å². The van der Waals surface area contributed by atoms with E-state index in [1.165, 1.54) is 24.4 Å². The molecule has 160 valence electrons. The van der Waals surface area contributed by atoms with Crippen molar-refractivity contribution in [2.24, 2.45) is 7.05 Å². The molecule has 0 saturated heterocycles. The van der Waals surface area contributed by atoms with Crippen molar-refractivity contribution in [2.45, 2.75) is 18.1 Å². The normalized spacial score (nSPS) is 12.5. The highest BCUT2D eigenvalue weighted by Crippen LogP contribution is 2.28. The summed E-state index contributed by atoms with van der Waals surface area (Å²) < 4.78 is 7.02. The molecule has 0 radical (unpaired) electrons. The zero-order valence-electron chi connectivity index (χ0n) is 17.4. The van der Waals surface area contributed by atoms with Gasteiger partial charge in [0.15, 0.2) is 11.0 Å². The Balaban J connectivity index is 1.34. The molecule has 31 heavy (non-hydrogen) atoms. The van der Waals surface area contributed by atoms with Crippen LogP contribution in [0.1, 0.15) is 21.7 Å². The minimum atomic E-state index is -0.252. The number of hydrogen-bond donors (Lipinski definition) is 1. The molecule has 0 fully saturated rings. The second kappa shape index (κ2) is 9.22. The maximum absolute atomic E-state index is 12.7. The van der Waals surface area contributed by atoms with E-state index in [0.29, 0.717) is 28.8 Å². The SMILES string of the molecule is COc1ccccc1C(=O)NCc1nnc(SCC(=O)N2CCc3ccccc32)n1C. The van der Waals surface area contributed by atoms with Crippen LogP contribution in [0.3, 0.4) is 0 Å². The second-order valence-corrected chi connectivity index (χ2v) is 8.00. The van der Waals surface area contributed by atoms with Crippen LogP contribution in [-0.4, -0.2) is 46.0 Å². The van der Waals surface area contributed by atoms with Crippen molar-refractivity contribution in [1.82, 2.24) is 20.1 Å². The summed E-state index contributed by atoms with van der Waals surface area (Å²) in [5, 5.41) is 11.8. The van der Waals surface area contributed by atoms with Gasteiger partial charge in [0.05, 0.1) is 25.0 Å². The van der Waals surface area contributed by atoms with Gasteiger partial charge in [-0.25, -0.2) is 0 Å². The van der Waals surface area contributed by atoms with Gasteiger partial charge in [-0.15, -0.1) is 10.2 Å². The van der Waals surface area contributed by atoms with Gasteiger partial charge in [0, 0.05) is 19.3 Å². The molecule has 1 N–H and O–H groups in total. The second-order valence-electron chi connectivity index (χ2n) is 7.05. The zero-order chi connectivity index (χ0) is 21.8. The topological polar surface area (TPSA) is 89.3 Å². The molecule has 9 heteroatoms. The third kappa shape index (κ3) is 4.41. The Hall–Kier alpha value is -3.33. The minimum absolute atomic E-state index is 0.0453. The third-order valence-corrected chi connectivity index (χ3v) is 6.20. The lowest BCUT2D eigenvalue weighted by Crippen LogP contribution is -2.30. The zero-order valence-corrected chi connectivity index (χ0v) is 18.2. The summed E-state index contributed by atoms with van der Waals surface area (Å²) in [6, 6.07) is 15.0. The fourth-order valence-electron chi connectivity index (χ4n) is 3.51. The summed E-state index contributed by atoms with van der Waals surface area (Å²) in [6.45, 7) is 0.923. The Morgan fingerprint density at radius 1 is 1.13 bits per heavy atom. The van der Waals surface area contributed by atoms with E-state index < -0.39 is 0 Å². The van der Waals surface area contributed by atoms with E-state index in [-0.39, 0.29) is 24.1 Å². The van der Waals surface area contributed by atoms with Crippen LogP contribution in [0.15, 0.2) is 53.7 Å². The molecule has 0 atom stereocenters. The molecular formula is C22H23N5O3S. The molecule has 0 unspecified atom stereocenters. The Morgan fingerprint density at radius 3 is 2.74 bits per heavy atom. The number of methoxy groups -OCH3 is 1. The molecule has 0 spiro atoms. The molecule has 4 rings (SSSR count). The van der Waals surface area contributed by atoms with Crippen LogP contribution in [0.2, 0.25) is 0 Å². The predicted octanol–water partition coefficient (Wildman–Crippen LogP) is 2.44. The van der Waals surface area contributed by atoms with E-state index in [0.717, 1.165) is 12.1 Å². The number of nitrogens with zero attached hydrogens (tertiary/aromatic N) is 4. The highest BCUT2D eigenvalue weighted by molar-refractivity contribution is 7.99. The average Bonchev–Trinajstić information content (AvgIpc) is 3.39. The van der Waals surface area contributed by atoms with E-state index in [1.54, 1.807) is 22.8 Å². The van der Waals surface area contributed by atoms with Gasteiger partial charge in [0.25, 0.3) is 5.91 Å². The Morgan fingerprint density at radius 2 is 1.90 bits per heavy atom. The highest BCUT2D eigenvalue weighted by atomic mass is 32.2. The number of carbonyl (C=O) groups excluding carboxylic acids is 2. The summed E-state index contributed by atoms with van der Waals surface area (Å²) in [4.78, 5) is 27.0. The lowest BCUT2D eigenvalue weighted by Gasteiger charge is -2.16. The Kier molecular flexibility index (Phi) is 6.22. The molecule has 0 saturated carbocycles. The van der Waals surface area contributed by atoms with Crippen molar-refractivity contribution < 1.29 is 14.3 Å². The van der Waals surface area contributed by atoms with Crippen LogP contribution in [0, 0.1) is 0 Å². The van der Waals surface area contributed by atoms with Crippen molar-refractivity contribution in [2.75, 3.05) is 24.3 Å². The Labute approximate surface area is 184 Å². The number of benzene rings is 2. The number of rotatable bonds is 7. The van der Waals surface area contributed by atoms with Crippen molar-refractivity contribution in [3.63, 3.8) is 0 Å². The van der Waals surface area contributed by atoms with Gasteiger partial charge in [-0.2, -0.15) is 0 Å².